The lowest BCUT2D eigenvalue weighted by Crippen LogP contribution is -2.64. The molecular formula is C38H45NO15S. The fourth-order valence-corrected chi connectivity index (χ4v) is 6.83. The number of benzene rings is 2. The lowest BCUT2D eigenvalue weighted by atomic mass is 9.95. The Hall–Kier alpha value is -4.97. The number of nitrogens with one attached hydrogen (secondary N) is 1. The zero-order valence-corrected chi connectivity index (χ0v) is 31.9. The molecule has 17 heteroatoms. The van der Waals surface area contributed by atoms with Gasteiger partial charge in [0.25, 0.3) is 0 Å². The first-order chi connectivity index (χ1) is 26.3. The second kappa shape index (κ2) is 20.1. The maximum Gasteiger partial charge on any atom is 0.379 e. The third kappa shape index (κ3) is 11.5. The van der Waals surface area contributed by atoms with Gasteiger partial charge < -0.3 is 48.3 Å². The number of hydrogen-bond acceptors (Lipinski definition) is 16. The monoisotopic (exact) mass is 787 g/mol. The number of esters is 5. The summed E-state index contributed by atoms with van der Waals surface area (Å²) in [6.45, 7) is 4.83. The minimum absolute atomic E-state index is 0.00153. The lowest BCUT2D eigenvalue weighted by molar-refractivity contribution is -0.310. The number of carbonyl (C=O) groups is 6. The molecule has 0 radical (unpaired) electrons. The molecule has 4 rings (SSSR count). The first-order valence-electron chi connectivity index (χ1n) is 17.5. The van der Waals surface area contributed by atoms with E-state index in [0.717, 1.165) is 14.0 Å². The maximum atomic E-state index is 13.9. The van der Waals surface area contributed by atoms with Gasteiger partial charge in [0.05, 0.1) is 37.0 Å². The summed E-state index contributed by atoms with van der Waals surface area (Å²) in [5, 5.41) is 14.6. The van der Waals surface area contributed by atoms with E-state index in [1.54, 1.807) is 48.5 Å². The van der Waals surface area contributed by atoms with E-state index in [4.69, 9.17) is 37.9 Å². The van der Waals surface area contributed by atoms with E-state index < -0.39 is 90.5 Å². The largest absolute Gasteiger partial charge is 0.466 e. The lowest BCUT2D eigenvalue weighted by Gasteiger charge is -2.48. The van der Waals surface area contributed by atoms with E-state index in [1.165, 1.54) is 37.7 Å². The minimum atomic E-state index is -2.51. The number of ether oxygens (including phenoxy) is 8. The van der Waals surface area contributed by atoms with Crippen molar-refractivity contribution in [2.24, 2.45) is 0 Å². The van der Waals surface area contributed by atoms with E-state index in [1.807, 2.05) is 6.92 Å². The van der Waals surface area contributed by atoms with Gasteiger partial charge in [0.2, 0.25) is 5.91 Å². The van der Waals surface area contributed by atoms with Gasteiger partial charge in [0.1, 0.15) is 36.1 Å². The third-order valence-corrected chi connectivity index (χ3v) is 9.29. The summed E-state index contributed by atoms with van der Waals surface area (Å²) >= 11 is 1.19. The predicted octanol–water partition coefficient (Wildman–Crippen LogP) is 3.21. The number of methoxy groups -OCH3 is 1. The number of rotatable bonds is 16. The maximum absolute atomic E-state index is 13.9. The molecule has 0 spiro atoms. The van der Waals surface area contributed by atoms with Crippen molar-refractivity contribution in [2.75, 3.05) is 26.1 Å². The van der Waals surface area contributed by atoms with Crippen LogP contribution in [0.4, 0.5) is 0 Å². The highest BCUT2D eigenvalue weighted by Crippen LogP contribution is 2.41. The van der Waals surface area contributed by atoms with Crippen LogP contribution in [0.15, 0.2) is 72.1 Å². The molecule has 298 valence electrons. The Kier molecular flexibility index (Phi) is 15.6. The second-order valence-corrected chi connectivity index (χ2v) is 13.8. The Balaban J connectivity index is 1.79. The molecule has 7 atom stereocenters. The van der Waals surface area contributed by atoms with Gasteiger partial charge in [-0.15, -0.1) is 11.8 Å². The van der Waals surface area contributed by atoms with Gasteiger partial charge in [-0.2, -0.15) is 0 Å². The van der Waals surface area contributed by atoms with Crippen molar-refractivity contribution in [2.45, 2.75) is 88.7 Å². The van der Waals surface area contributed by atoms with Crippen molar-refractivity contribution in [3.05, 3.63) is 83.2 Å². The highest BCUT2D eigenvalue weighted by atomic mass is 32.2. The first kappa shape index (κ1) is 42.8. The van der Waals surface area contributed by atoms with Crippen molar-refractivity contribution >= 4 is 47.5 Å². The van der Waals surface area contributed by atoms with E-state index >= 15 is 0 Å². The highest BCUT2D eigenvalue weighted by molar-refractivity contribution is 7.99. The van der Waals surface area contributed by atoms with Gasteiger partial charge in [-0.3, -0.25) is 14.4 Å². The van der Waals surface area contributed by atoms with Gasteiger partial charge in [0.15, 0.2) is 12.2 Å². The van der Waals surface area contributed by atoms with Gasteiger partial charge >= 0.3 is 35.6 Å². The average Bonchev–Trinajstić information content (AvgIpc) is 3.16. The SMILES string of the molecule is CCSC1OC(COC(=O)c2ccccc2)C(O)C(OC2(C(=O)OC)CC(OC(C)=O)C(NC(C)=O)=C(CCCOC(C)=O)O2)C1OC(=O)c1ccccc1. The van der Waals surface area contributed by atoms with Gasteiger partial charge in [-0.1, -0.05) is 43.3 Å². The van der Waals surface area contributed by atoms with Gasteiger partial charge in [0, 0.05) is 27.2 Å². The van der Waals surface area contributed by atoms with Crippen LogP contribution in [0.1, 0.15) is 67.7 Å². The molecular weight excluding hydrogens is 742 g/mol. The van der Waals surface area contributed by atoms with E-state index in [9.17, 15) is 33.9 Å². The van der Waals surface area contributed by atoms with Crippen molar-refractivity contribution in [3.8, 4) is 0 Å². The first-order valence-corrected chi connectivity index (χ1v) is 18.5. The Morgan fingerprint density at radius 1 is 0.873 bits per heavy atom. The predicted molar refractivity (Wildman–Crippen MR) is 193 cm³/mol. The molecule has 1 amide bonds. The zero-order chi connectivity index (χ0) is 40.1. The molecule has 0 aromatic heterocycles. The standard InChI is InChI=1S/C38H45NO15S/c1-6-55-36-33(52-35(45)26-16-11-8-12-17-26)32(31(43)29(51-36)21-49-34(44)25-14-9-7-10-15-25)54-38(37(46)47-5)20-28(50-24(4)42)30(39-22(2)40)27(53-38)18-13-19-48-23(3)41/h7-12,14-17,28-29,31-33,36,43H,6,13,18-21H2,1-5H3,(H,39,40). The Labute approximate surface area is 322 Å². The molecule has 16 nitrogen and oxygen atoms in total. The molecule has 2 aliphatic heterocycles. The molecule has 2 N–H and O–H groups in total. The van der Waals surface area contributed by atoms with Crippen molar-refractivity contribution < 1.29 is 71.8 Å². The number of hydrogen-bond donors (Lipinski definition) is 2. The van der Waals surface area contributed by atoms with Crippen LogP contribution >= 0.6 is 11.8 Å². The number of aliphatic hydroxyl groups is 1. The van der Waals surface area contributed by atoms with Crippen LogP contribution in [0.3, 0.4) is 0 Å². The normalized spacial score (nSPS) is 24.8. The van der Waals surface area contributed by atoms with Gasteiger partial charge in [-0.05, 0) is 36.4 Å². The van der Waals surface area contributed by atoms with Crippen molar-refractivity contribution in [1.29, 1.82) is 0 Å². The molecule has 2 aromatic rings. The number of thioether (sulfide) groups is 1. The zero-order valence-electron chi connectivity index (χ0n) is 31.1. The van der Waals surface area contributed by atoms with Gasteiger partial charge in [-0.25, -0.2) is 14.4 Å². The summed E-state index contributed by atoms with van der Waals surface area (Å²) in [5.41, 5.74) is -0.644. The number of carbonyl (C=O) groups excluding carboxylic acids is 6. The van der Waals surface area contributed by atoms with Crippen LogP contribution < -0.4 is 5.32 Å². The summed E-state index contributed by atoms with van der Waals surface area (Å²) < 4.78 is 46.3. The summed E-state index contributed by atoms with van der Waals surface area (Å²) in [6, 6.07) is 16.1. The third-order valence-electron chi connectivity index (χ3n) is 8.25. The van der Waals surface area contributed by atoms with Crippen LogP contribution in [0.25, 0.3) is 0 Å². The fourth-order valence-electron chi connectivity index (χ4n) is 5.88. The average molecular weight is 788 g/mol. The summed E-state index contributed by atoms with van der Waals surface area (Å²) in [7, 11) is 1.06. The fraction of sp³-hybridized carbons (Fsp3) is 0.474. The molecule has 0 aliphatic carbocycles. The van der Waals surface area contributed by atoms with Crippen molar-refractivity contribution in [1.82, 2.24) is 5.32 Å². The molecule has 0 saturated carbocycles. The molecule has 0 bridgehead atoms. The Morgan fingerprint density at radius 2 is 1.51 bits per heavy atom. The molecule has 2 heterocycles. The molecule has 1 saturated heterocycles. The molecule has 1 fully saturated rings. The number of allylic oxidation sites excluding steroid dienone is 1. The molecule has 7 unspecified atom stereocenters. The molecule has 2 aromatic carbocycles. The Morgan fingerprint density at radius 3 is 2.07 bits per heavy atom. The quantitative estimate of drug-likeness (QED) is 0.142. The minimum Gasteiger partial charge on any atom is -0.466 e. The summed E-state index contributed by atoms with van der Waals surface area (Å²) in [6.07, 6.45) is -8.04. The molecule has 55 heavy (non-hydrogen) atoms. The van der Waals surface area contributed by atoms with Crippen LogP contribution in [0, 0.1) is 0 Å². The van der Waals surface area contributed by atoms with Crippen LogP contribution in [-0.2, 0) is 57.1 Å². The van der Waals surface area contributed by atoms with E-state index in [2.05, 4.69) is 5.32 Å². The second-order valence-electron chi connectivity index (χ2n) is 12.4. The number of amides is 1. The number of aliphatic hydroxyl groups excluding tert-OH is 1. The van der Waals surface area contributed by atoms with E-state index in [0.29, 0.717) is 5.75 Å². The van der Waals surface area contributed by atoms with Crippen LogP contribution in [0.2, 0.25) is 0 Å². The summed E-state index contributed by atoms with van der Waals surface area (Å²) in [5.74, 6) is -6.70. The van der Waals surface area contributed by atoms with E-state index in [-0.39, 0.29) is 42.0 Å². The Bertz CT molecular complexity index is 1700. The highest BCUT2D eigenvalue weighted by Gasteiger charge is 2.58. The van der Waals surface area contributed by atoms with Crippen LogP contribution in [-0.4, -0.2) is 109 Å². The smallest absolute Gasteiger partial charge is 0.379 e. The summed E-state index contributed by atoms with van der Waals surface area (Å²) in [4.78, 5) is 76.6. The van der Waals surface area contributed by atoms with Crippen LogP contribution in [0.5, 0.6) is 0 Å². The van der Waals surface area contributed by atoms with Crippen molar-refractivity contribution in [3.63, 3.8) is 0 Å². The molecule has 2 aliphatic rings. The topological polar surface area (TPSA) is 209 Å².